The van der Waals surface area contributed by atoms with Gasteiger partial charge in [-0.05, 0) is 41.2 Å². The first kappa shape index (κ1) is 26.7. The molecule has 8 heteroatoms. The van der Waals surface area contributed by atoms with E-state index in [0.29, 0.717) is 22.2 Å². The molecule has 2 amide bonds. The summed E-state index contributed by atoms with van der Waals surface area (Å²) in [6.45, 7) is 11.1. The van der Waals surface area contributed by atoms with Gasteiger partial charge < -0.3 is 19.8 Å². The summed E-state index contributed by atoms with van der Waals surface area (Å²) < 4.78 is 10.7. The quantitative estimate of drug-likeness (QED) is 0.369. The Hall–Kier alpha value is -3.94. The molecule has 8 nitrogen and oxygen atoms in total. The molecule has 2 aromatic carbocycles. The van der Waals surface area contributed by atoms with Gasteiger partial charge in [0.15, 0.2) is 0 Å². The number of ether oxygens (including phenoxy) is 1. The summed E-state index contributed by atoms with van der Waals surface area (Å²) in [6.07, 6.45) is 0. The summed E-state index contributed by atoms with van der Waals surface area (Å²) >= 11 is 0. The first-order valence-corrected chi connectivity index (χ1v) is 11.8. The molecule has 1 heterocycles. The number of carbonyl (C=O) groups excluding carboxylic acids is 3. The van der Waals surface area contributed by atoms with Crippen LogP contribution in [-0.2, 0) is 26.3 Å². The first-order chi connectivity index (χ1) is 16.8. The second kappa shape index (κ2) is 10.8. The van der Waals surface area contributed by atoms with Crippen LogP contribution in [-0.4, -0.2) is 23.8 Å². The standard InChI is InChI=1S/C28H32N2O6/c1-16(2)25(30-26(33)18-7-9-20(10-8-18)28(4,5)6)27(34)35-15-19-13-24(32)36-23-14-21(29-17(3)31)11-12-22(19)23/h7-14,16,25H,15H2,1-6H3,(H,29,31)(H,30,33)/t25-/m0/s1. The van der Waals surface area contributed by atoms with Crippen LogP contribution in [0, 0.1) is 5.92 Å². The molecule has 0 unspecified atom stereocenters. The molecule has 0 aliphatic heterocycles. The number of hydrogen-bond acceptors (Lipinski definition) is 6. The van der Waals surface area contributed by atoms with Crippen LogP contribution in [0.1, 0.15) is 63.0 Å². The number of nitrogens with one attached hydrogen (secondary N) is 2. The fourth-order valence-corrected chi connectivity index (χ4v) is 3.71. The molecule has 0 radical (unpaired) electrons. The van der Waals surface area contributed by atoms with Crippen LogP contribution >= 0.6 is 0 Å². The van der Waals surface area contributed by atoms with Crippen molar-refractivity contribution in [3.8, 4) is 0 Å². The molecule has 0 bridgehead atoms. The molecular formula is C28H32N2O6. The summed E-state index contributed by atoms with van der Waals surface area (Å²) in [6, 6.07) is 12.5. The highest BCUT2D eigenvalue weighted by Gasteiger charge is 2.27. The lowest BCUT2D eigenvalue weighted by molar-refractivity contribution is -0.148. The third-order valence-corrected chi connectivity index (χ3v) is 5.74. The lowest BCUT2D eigenvalue weighted by Gasteiger charge is -2.22. The third kappa shape index (κ3) is 6.59. The van der Waals surface area contributed by atoms with E-state index in [9.17, 15) is 19.2 Å². The SMILES string of the molecule is CC(=O)Nc1ccc2c(COC(=O)[C@@H](NC(=O)c3ccc(C(C)(C)C)cc3)C(C)C)cc(=O)oc2c1. The number of benzene rings is 2. The first-order valence-electron chi connectivity index (χ1n) is 11.8. The highest BCUT2D eigenvalue weighted by atomic mass is 16.5. The van der Waals surface area contributed by atoms with Gasteiger partial charge in [-0.3, -0.25) is 9.59 Å². The molecular weight excluding hydrogens is 460 g/mol. The van der Waals surface area contributed by atoms with Gasteiger partial charge in [-0.1, -0.05) is 46.8 Å². The number of hydrogen-bond donors (Lipinski definition) is 2. The molecule has 0 saturated carbocycles. The van der Waals surface area contributed by atoms with Gasteiger partial charge in [0.2, 0.25) is 5.91 Å². The highest BCUT2D eigenvalue weighted by Crippen LogP contribution is 2.23. The average Bonchev–Trinajstić information content (AvgIpc) is 2.79. The van der Waals surface area contributed by atoms with Crippen LogP contribution in [0.3, 0.4) is 0 Å². The van der Waals surface area contributed by atoms with Crippen LogP contribution < -0.4 is 16.3 Å². The largest absolute Gasteiger partial charge is 0.459 e. The van der Waals surface area contributed by atoms with E-state index in [-0.39, 0.29) is 35.3 Å². The molecule has 1 atom stereocenters. The van der Waals surface area contributed by atoms with Gasteiger partial charge >= 0.3 is 11.6 Å². The Morgan fingerprint density at radius 1 is 1.00 bits per heavy atom. The van der Waals surface area contributed by atoms with Crippen molar-refractivity contribution in [3.63, 3.8) is 0 Å². The number of carbonyl (C=O) groups is 3. The van der Waals surface area contributed by atoms with E-state index in [1.54, 1.807) is 24.3 Å². The van der Waals surface area contributed by atoms with E-state index in [0.717, 1.165) is 5.56 Å². The van der Waals surface area contributed by atoms with E-state index in [4.69, 9.17) is 9.15 Å². The number of fused-ring (bicyclic) bond motifs is 1. The molecule has 0 aliphatic rings. The molecule has 36 heavy (non-hydrogen) atoms. The number of amides is 2. The summed E-state index contributed by atoms with van der Waals surface area (Å²) in [4.78, 5) is 49.1. The van der Waals surface area contributed by atoms with Gasteiger partial charge in [0.05, 0.1) is 0 Å². The number of esters is 1. The monoisotopic (exact) mass is 492 g/mol. The van der Waals surface area contributed by atoms with Gasteiger partial charge in [-0.15, -0.1) is 0 Å². The molecule has 190 valence electrons. The van der Waals surface area contributed by atoms with Gasteiger partial charge in [0.1, 0.15) is 18.2 Å². The molecule has 1 aromatic heterocycles. The molecule has 0 saturated heterocycles. The zero-order valence-corrected chi connectivity index (χ0v) is 21.4. The van der Waals surface area contributed by atoms with Crippen molar-refractivity contribution >= 4 is 34.4 Å². The number of anilines is 1. The summed E-state index contributed by atoms with van der Waals surface area (Å²) in [5, 5.41) is 5.97. The molecule has 0 aliphatic carbocycles. The predicted octanol–water partition coefficient (Wildman–Crippen LogP) is 4.55. The Balaban J connectivity index is 1.74. The maximum absolute atomic E-state index is 12.9. The van der Waals surface area contributed by atoms with Crippen LogP contribution in [0.5, 0.6) is 0 Å². The van der Waals surface area contributed by atoms with Gasteiger partial charge in [-0.25, -0.2) is 9.59 Å². The minimum absolute atomic E-state index is 0.0381. The van der Waals surface area contributed by atoms with Crippen molar-refractivity contribution < 1.29 is 23.5 Å². The van der Waals surface area contributed by atoms with Crippen molar-refractivity contribution in [2.24, 2.45) is 5.92 Å². The number of rotatable bonds is 7. The summed E-state index contributed by atoms with van der Waals surface area (Å²) in [7, 11) is 0. The fraction of sp³-hybridized carbons (Fsp3) is 0.357. The van der Waals surface area contributed by atoms with Crippen molar-refractivity contribution in [2.75, 3.05) is 5.32 Å². The third-order valence-electron chi connectivity index (χ3n) is 5.74. The maximum Gasteiger partial charge on any atom is 0.336 e. The fourth-order valence-electron chi connectivity index (χ4n) is 3.71. The topological polar surface area (TPSA) is 115 Å². The second-order valence-corrected chi connectivity index (χ2v) is 10.1. The van der Waals surface area contributed by atoms with E-state index < -0.39 is 17.6 Å². The highest BCUT2D eigenvalue weighted by molar-refractivity contribution is 5.97. The van der Waals surface area contributed by atoms with Crippen molar-refractivity contribution in [2.45, 2.75) is 59.6 Å². The van der Waals surface area contributed by atoms with Gasteiger partial charge in [-0.2, -0.15) is 0 Å². The summed E-state index contributed by atoms with van der Waals surface area (Å²) in [5.41, 5.74) is 2.09. The van der Waals surface area contributed by atoms with Crippen LogP contribution in [0.15, 0.2) is 57.7 Å². The summed E-state index contributed by atoms with van der Waals surface area (Å²) in [5.74, 6) is -1.47. The molecule has 3 rings (SSSR count). The molecule has 0 fully saturated rings. The Morgan fingerprint density at radius 3 is 2.25 bits per heavy atom. The lowest BCUT2D eigenvalue weighted by Crippen LogP contribution is -2.45. The molecule has 0 spiro atoms. The van der Waals surface area contributed by atoms with Crippen molar-refractivity contribution in [1.29, 1.82) is 0 Å². The Bertz CT molecular complexity index is 1330. The van der Waals surface area contributed by atoms with E-state index in [2.05, 4.69) is 31.4 Å². The molecule has 3 aromatic rings. The van der Waals surface area contributed by atoms with E-state index >= 15 is 0 Å². The maximum atomic E-state index is 12.9. The lowest BCUT2D eigenvalue weighted by atomic mass is 9.86. The Labute approximate surface area is 210 Å². The zero-order valence-electron chi connectivity index (χ0n) is 21.4. The zero-order chi connectivity index (χ0) is 26.6. The molecule has 2 N–H and O–H groups in total. The van der Waals surface area contributed by atoms with Crippen LogP contribution in [0.4, 0.5) is 5.69 Å². The normalized spacial score (nSPS) is 12.3. The minimum Gasteiger partial charge on any atom is -0.459 e. The minimum atomic E-state index is -0.877. The van der Waals surface area contributed by atoms with Crippen molar-refractivity contribution in [3.05, 3.63) is 75.6 Å². The second-order valence-electron chi connectivity index (χ2n) is 10.1. The van der Waals surface area contributed by atoms with Crippen LogP contribution in [0.2, 0.25) is 0 Å². The van der Waals surface area contributed by atoms with Gasteiger partial charge in [0.25, 0.3) is 5.91 Å². The van der Waals surface area contributed by atoms with Gasteiger partial charge in [0, 0.05) is 41.3 Å². The Kier molecular flexibility index (Phi) is 7.97. The predicted molar refractivity (Wildman–Crippen MR) is 138 cm³/mol. The van der Waals surface area contributed by atoms with E-state index in [1.807, 2.05) is 26.0 Å². The smallest absolute Gasteiger partial charge is 0.336 e. The van der Waals surface area contributed by atoms with Crippen molar-refractivity contribution in [1.82, 2.24) is 5.32 Å². The Morgan fingerprint density at radius 2 is 1.67 bits per heavy atom. The van der Waals surface area contributed by atoms with E-state index in [1.165, 1.54) is 19.1 Å². The van der Waals surface area contributed by atoms with Crippen LogP contribution in [0.25, 0.3) is 11.0 Å². The average molecular weight is 493 g/mol.